The Kier molecular flexibility index (Phi) is 4.49. The number of hydrogen-bond acceptors (Lipinski definition) is 4. The highest BCUT2D eigenvalue weighted by molar-refractivity contribution is 8.27. The zero-order chi connectivity index (χ0) is 19.1. The highest BCUT2D eigenvalue weighted by atomic mass is 35.5. The molecule has 2 aliphatic rings. The Morgan fingerprint density at radius 1 is 1.22 bits per heavy atom. The van der Waals surface area contributed by atoms with Crippen LogP contribution < -0.4 is 0 Å². The van der Waals surface area contributed by atoms with Crippen LogP contribution in [0.4, 0.5) is 0 Å². The topological polar surface area (TPSA) is 73.8 Å². The fourth-order valence-electron chi connectivity index (χ4n) is 2.77. The monoisotopic (exact) mass is 397 g/mol. The van der Waals surface area contributed by atoms with Gasteiger partial charge in [0.1, 0.15) is 5.04 Å². The largest absolute Gasteiger partial charge is 0.316 e. The molecule has 0 spiro atoms. The highest BCUT2D eigenvalue weighted by Crippen LogP contribution is 2.31. The van der Waals surface area contributed by atoms with Crippen molar-refractivity contribution in [1.29, 1.82) is 5.41 Å². The summed E-state index contributed by atoms with van der Waals surface area (Å²) in [5, 5.41) is 16.2. The Balaban J connectivity index is 1.75. The fraction of sp³-hybridized carbons (Fsp3) is 0.158. The van der Waals surface area contributed by atoms with Crippen LogP contribution in [0.3, 0.4) is 0 Å². The molecule has 1 aromatic carbocycles. The van der Waals surface area contributed by atoms with Gasteiger partial charge in [-0.1, -0.05) is 37.6 Å². The number of amides is 1. The minimum atomic E-state index is -0.439. The Morgan fingerprint density at radius 2 is 2.00 bits per heavy atom. The number of para-hydroxylation sites is 1. The number of thioether (sulfide) groups is 1. The van der Waals surface area contributed by atoms with Gasteiger partial charge in [0, 0.05) is 17.8 Å². The van der Waals surface area contributed by atoms with Gasteiger partial charge < -0.3 is 4.57 Å². The summed E-state index contributed by atoms with van der Waals surface area (Å²) < 4.78 is 1.87. The Bertz CT molecular complexity index is 1050. The Morgan fingerprint density at radius 3 is 2.74 bits per heavy atom. The molecule has 2 aliphatic heterocycles. The number of rotatable bonds is 3. The van der Waals surface area contributed by atoms with Crippen LogP contribution >= 0.6 is 23.4 Å². The van der Waals surface area contributed by atoms with E-state index in [0.717, 1.165) is 16.4 Å². The van der Waals surface area contributed by atoms with E-state index in [1.165, 1.54) is 16.8 Å². The molecule has 3 heterocycles. The number of halogens is 1. The molecule has 0 unspecified atom stereocenters. The van der Waals surface area contributed by atoms with E-state index >= 15 is 0 Å². The summed E-state index contributed by atoms with van der Waals surface area (Å²) >= 11 is 7.64. The van der Waals surface area contributed by atoms with E-state index in [1.54, 1.807) is 6.08 Å². The van der Waals surface area contributed by atoms with Gasteiger partial charge in [0.2, 0.25) is 5.17 Å². The number of nitrogens with zero attached hydrogens (tertiary/aromatic N) is 4. The van der Waals surface area contributed by atoms with Crippen LogP contribution in [0.2, 0.25) is 5.02 Å². The lowest BCUT2D eigenvalue weighted by Gasteiger charge is -2.20. The fourth-order valence-corrected chi connectivity index (χ4v) is 3.89. The van der Waals surface area contributed by atoms with Crippen LogP contribution in [0.5, 0.6) is 0 Å². The van der Waals surface area contributed by atoms with Crippen LogP contribution in [0.25, 0.3) is 11.8 Å². The maximum atomic E-state index is 12.5. The number of nitrogens with one attached hydrogen (secondary N) is 1. The molecule has 1 N–H and O–H groups in total. The molecule has 0 atom stereocenters. The molecule has 27 heavy (non-hydrogen) atoms. The van der Waals surface area contributed by atoms with Crippen molar-refractivity contribution in [3.05, 3.63) is 58.9 Å². The number of aromatic nitrogens is 1. The van der Waals surface area contributed by atoms with Crippen LogP contribution in [-0.2, 0) is 4.79 Å². The van der Waals surface area contributed by atoms with Gasteiger partial charge in [-0.2, -0.15) is 15.1 Å². The van der Waals surface area contributed by atoms with Crippen LogP contribution in [0.1, 0.15) is 19.5 Å². The molecule has 4 rings (SSSR count). The molecule has 6 nitrogen and oxygen atoms in total. The van der Waals surface area contributed by atoms with E-state index in [9.17, 15) is 4.79 Å². The summed E-state index contributed by atoms with van der Waals surface area (Å²) in [6.07, 6.45) is 3.52. The summed E-state index contributed by atoms with van der Waals surface area (Å²) in [4.78, 5) is 16.7. The molecule has 0 fully saturated rings. The number of hydrogen-bond donors (Lipinski definition) is 1. The zero-order valence-electron chi connectivity index (χ0n) is 14.7. The first-order valence-corrected chi connectivity index (χ1v) is 9.57. The first-order valence-electron chi connectivity index (χ1n) is 8.38. The second-order valence-electron chi connectivity index (χ2n) is 6.37. The first-order chi connectivity index (χ1) is 13.0. The van der Waals surface area contributed by atoms with Crippen molar-refractivity contribution >= 4 is 51.4 Å². The van der Waals surface area contributed by atoms with E-state index in [1.807, 2.05) is 61.0 Å². The number of aliphatic imine (C=N–C) groups is 1. The van der Waals surface area contributed by atoms with E-state index in [-0.39, 0.29) is 17.3 Å². The third-order valence-electron chi connectivity index (χ3n) is 4.15. The van der Waals surface area contributed by atoms with Crippen LogP contribution in [0.15, 0.2) is 58.3 Å². The number of fused-ring (bicyclic) bond motifs is 1. The summed E-state index contributed by atoms with van der Waals surface area (Å²) in [5.41, 5.74) is 1.72. The Hall–Kier alpha value is -2.64. The summed E-state index contributed by atoms with van der Waals surface area (Å²) in [6.45, 7) is 4.03. The van der Waals surface area contributed by atoms with Gasteiger partial charge in [-0.15, -0.1) is 0 Å². The molecule has 1 amide bonds. The molecular weight excluding hydrogens is 382 g/mol. The van der Waals surface area contributed by atoms with E-state index < -0.39 is 5.91 Å². The third-order valence-corrected chi connectivity index (χ3v) is 5.68. The number of benzene rings is 1. The highest BCUT2D eigenvalue weighted by Gasteiger charge is 2.36. The predicted molar refractivity (Wildman–Crippen MR) is 111 cm³/mol. The average Bonchev–Trinajstić information content (AvgIpc) is 3.26. The second-order valence-corrected chi connectivity index (χ2v) is 7.76. The Labute approximate surface area is 165 Å². The average molecular weight is 398 g/mol. The third kappa shape index (κ3) is 3.13. The van der Waals surface area contributed by atoms with Gasteiger partial charge >= 0.3 is 0 Å². The lowest BCUT2D eigenvalue weighted by atomic mass is 10.1. The number of carbonyl (C=O) groups is 1. The van der Waals surface area contributed by atoms with Crippen molar-refractivity contribution in [2.75, 3.05) is 0 Å². The lowest BCUT2D eigenvalue weighted by molar-refractivity contribution is -0.114. The second kappa shape index (κ2) is 6.83. The molecule has 8 heteroatoms. The smallest absolute Gasteiger partial charge is 0.283 e. The molecule has 0 saturated carbocycles. The normalized spacial score (nSPS) is 18.2. The number of amidine groups is 2. The van der Waals surface area contributed by atoms with Crippen molar-refractivity contribution in [3.63, 3.8) is 0 Å². The van der Waals surface area contributed by atoms with E-state index in [0.29, 0.717) is 10.2 Å². The molecular formula is C19H16ClN5OS. The quantitative estimate of drug-likeness (QED) is 0.779. The van der Waals surface area contributed by atoms with Crippen molar-refractivity contribution in [2.45, 2.75) is 13.8 Å². The van der Waals surface area contributed by atoms with Gasteiger partial charge in [-0.25, -0.2) is 0 Å². The molecule has 1 aromatic heterocycles. The molecule has 0 bridgehead atoms. The summed E-state index contributed by atoms with van der Waals surface area (Å²) in [7, 11) is 0. The maximum absolute atomic E-state index is 12.5. The number of carbonyl (C=O) groups excluding carboxylic acids is 1. The lowest BCUT2D eigenvalue weighted by Crippen LogP contribution is -2.35. The van der Waals surface area contributed by atoms with E-state index in [2.05, 4.69) is 10.1 Å². The molecule has 2 aromatic rings. The predicted octanol–water partition coefficient (Wildman–Crippen LogP) is 4.41. The SMILES string of the molecule is CC(C)C1=NN2C(=N)/C(=C\c3cccn3-c3ccccc3Cl)C(=O)N=C2S1. The van der Waals surface area contributed by atoms with Gasteiger partial charge in [0.25, 0.3) is 5.91 Å². The molecule has 0 aliphatic carbocycles. The van der Waals surface area contributed by atoms with Crippen LogP contribution in [0, 0.1) is 11.3 Å². The van der Waals surface area contributed by atoms with Gasteiger partial charge in [0.15, 0.2) is 5.84 Å². The van der Waals surface area contributed by atoms with E-state index in [4.69, 9.17) is 17.0 Å². The molecule has 0 saturated heterocycles. The van der Waals surface area contributed by atoms with Gasteiger partial charge in [-0.3, -0.25) is 10.2 Å². The van der Waals surface area contributed by atoms with Gasteiger partial charge in [0.05, 0.1) is 16.3 Å². The van der Waals surface area contributed by atoms with Crippen LogP contribution in [-0.4, -0.2) is 31.5 Å². The van der Waals surface area contributed by atoms with Crippen molar-refractivity contribution in [3.8, 4) is 5.69 Å². The minimum absolute atomic E-state index is 0.0278. The van der Waals surface area contributed by atoms with Crippen molar-refractivity contribution in [1.82, 2.24) is 9.58 Å². The van der Waals surface area contributed by atoms with Gasteiger partial charge in [-0.05, 0) is 42.1 Å². The molecule has 136 valence electrons. The molecule has 0 radical (unpaired) electrons. The zero-order valence-corrected chi connectivity index (χ0v) is 16.3. The summed E-state index contributed by atoms with van der Waals surface area (Å²) in [6, 6.07) is 11.2. The number of hydrazone groups is 1. The standard InChI is InChI=1S/C19H16ClN5OS/c1-11(2)18-23-25-16(21)13(17(26)22-19(25)27-18)10-12-6-5-9-24(12)15-8-4-3-7-14(15)20/h3-11,21H,1-2H3/b13-10+,21-16?. The maximum Gasteiger partial charge on any atom is 0.283 e. The first kappa shape index (κ1) is 17.8. The summed E-state index contributed by atoms with van der Waals surface area (Å²) in [5.74, 6) is -0.206. The van der Waals surface area contributed by atoms with Crippen molar-refractivity contribution < 1.29 is 4.79 Å². The minimum Gasteiger partial charge on any atom is -0.316 e. The van der Waals surface area contributed by atoms with Crippen molar-refractivity contribution in [2.24, 2.45) is 16.0 Å².